The van der Waals surface area contributed by atoms with Crippen LogP contribution in [0, 0.1) is 11.7 Å². The van der Waals surface area contributed by atoms with E-state index in [0.29, 0.717) is 30.3 Å². The lowest BCUT2D eigenvalue weighted by Crippen LogP contribution is -2.39. The van der Waals surface area contributed by atoms with E-state index in [-0.39, 0.29) is 5.91 Å². The summed E-state index contributed by atoms with van der Waals surface area (Å²) in [6.45, 7) is 1.39. The molecule has 2 aromatic carbocycles. The third-order valence-corrected chi connectivity index (χ3v) is 5.05. The van der Waals surface area contributed by atoms with Crippen LogP contribution in [0.2, 0.25) is 0 Å². The molecule has 0 saturated carbocycles. The number of carbonyl (C=O) groups excluding carboxylic acids is 1. The second kappa shape index (κ2) is 7.65. The van der Waals surface area contributed by atoms with Gasteiger partial charge in [-0.15, -0.1) is 5.10 Å². The SMILES string of the molecule is O=C(c1ccc(F)cc1-n1cnnn1)N1CCC(Cc2ccccc2)CC1. The lowest BCUT2D eigenvalue weighted by atomic mass is 9.90. The average molecular weight is 365 g/mol. The van der Waals surface area contributed by atoms with Crippen molar-refractivity contribution in [1.29, 1.82) is 0 Å². The Kier molecular flexibility index (Phi) is 4.91. The average Bonchev–Trinajstić information content (AvgIpc) is 3.24. The van der Waals surface area contributed by atoms with Crippen molar-refractivity contribution in [2.75, 3.05) is 13.1 Å². The molecular formula is C20H20FN5O. The van der Waals surface area contributed by atoms with Crippen LogP contribution in [-0.2, 0) is 6.42 Å². The minimum absolute atomic E-state index is 0.112. The first-order chi connectivity index (χ1) is 13.2. The van der Waals surface area contributed by atoms with Crippen LogP contribution >= 0.6 is 0 Å². The third kappa shape index (κ3) is 3.86. The monoisotopic (exact) mass is 365 g/mol. The van der Waals surface area contributed by atoms with Gasteiger partial charge in [0.25, 0.3) is 5.91 Å². The van der Waals surface area contributed by atoms with Crippen molar-refractivity contribution >= 4 is 5.91 Å². The molecule has 7 heteroatoms. The van der Waals surface area contributed by atoms with Crippen LogP contribution in [0.4, 0.5) is 4.39 Å². The number of amides is 1. The van der Waals surface area contributed by atoms with Crippen molar-refractivity contribution in [1.82, 2.24) is 25.1 Å². The van der Waals surface area contributed by atoms with E-state index in [1.54, 1.807) is 0 Å². The van der Waals surface area contributed by atoms with Gasteiger partial charge in [-0.05, 0) is 53.3 Å². The number of piperidine rings is 1. The van der Waals surface area contributed by atoms with Gasteiger partial charge in [-0.25, -0.2) is 4.39 Å². The number of hydrogen-bond donors (Lipinski definition) is 0. The van der Waals surface area contributed by atoms with E-state index >= 15 is 0 Å². The highest BCUT2D eigenvalue weighted by molar-refractivity contribution is 5.97. The lowest BCUT2D eigenvalue weighted by molar-refractivity contribution is 0.0690. The van der Waals surface area contributed by atoms with Gasteiger partial charge < -0.3 is 4.90 Å². The third-order valence-electron chi connectivity index (χ3n) is 5.05. The quantitative estimate of drug-likeness (QED) is 0.713. The van der Waals surface area contributed by atoms with Crippen molar-refractivity contribution in [3.63, 3.8) is 0 Å². The summed E-state index contributed by atoms with van der Waals surface area (Å²) in [5.74, 6) is 0.0286. The predicted molar refractivity (Wildman–Crippen MR) is 97.9 cm³/mol. The first-order valence-corrected chi connectivity index (χ1v) is 9.07. The molecule has 1 amide bonds. The maximum absolute atomic E-state index is 13.7. The van der Waals surface area contributed by atoms with Crippen molar-refractivity contribution in [2.24, 2.45) is 5.92 Å². The van der Waals surface area contributed by atoms with Crippen LogP contribution in [-0.4, -0.2) is 44.1 Å². The molecule has 0 aliphatic carbocycles. The molecule has 1 saturated heterocycles. The largest absolute Gasteiger partial charge is 0.339 e. The highest BCUT2D eigenvalue weighted by Crippen LogP contribution is 2.24. The van der Waals surface area contributed by atoms with Crippen LogP contribution in [0.25, 0.3) is 5.69 Å². The Morgan fingerprint density at radius 1 is 1.11 bits per heavy atom. The zero-order valence-electron chi connectivity index (χ0n) is 14.8. The number of tetrazole rings is 1. The summed E-state index contributed by atoms with van der Waals surface area (Å²) in [7, 11) is 0. The molecule has 138 valence electrons. The van der Waals surface area contributed by atoms with Crippen LogP contribution in [0.3, 0.4) is 0 Å². The Labute approximate surface area is 156 Å². The van der Waals surface area contributed by atoms with E-state index in [2.05, 4.69) is 39.8 Å². The fourth-order valence-electron chi connectivity index (χ4n) is 3.60. The molecule has 0 N–H and O–H groups in total. The Balaban J connectivity index is 1.46. The van der Waals surface area contributed by atoms with Gasteiger partial charge in [-0.3, -0.25) is 4.79 Å². The molecule has 1 aliphatic rings. The zero-order valence-corrected chi connectivity index (χ0v) is 14.8. The summed E-state index contributed by atoms with van der Waals surface area (Å²) in [5, 5.41) is 10.9. The van der Waals surface area contributed by atoms with E-state index in [9.17, 15) is 9.18 Å². The van der Waals surface area contributed by atoms with Crippen LogP contribution in [0.1, 0.15) is 28.8 Å². The normalized spacial score (nSPS) is 15.1. The molecule has 6 nitrogen and oxygen atoms in total. The number of benzene rings is 2. The maximum Gasteiger partial charge on any atom is 0.256 e. The smallest absolute Gasteiger partial charge is 0.256 e. The first-order valence-electron chi connectivity index (χ1n) is 9.07. The second-order valence-corrected chi connectivity index (χ2v) is 6.84. The number of hydrogen-bond acceptors (Lipinski definition) is 4. The summed E-state index contributed by atoms with van der Waals surface area (Å²) >= 11 is 0. The Morgan fingerprint density at radius 3 is 2.59 bits per heavy atom. The van der Waals surface area contributed by atoms with Gasteiger partial charge in [-0.1, -0.05) is 30.3 Å². The van der Waals surface area contributed by atoms with Crippen molar-refractivity contribution in [3.05, 3.63) is 71.8 Å². The zero-order chi connectivity index (χ0) is 18.6. The number of aromatic nitrogens is 4. The van der Waals surface area contributed by atoms with E-state index in [1.807, 2.05) is 11.0 Å². The van der Waals surface area contributed by atoms with Gasteiger partial charge in [-0.2, -0.15) is 4.68 Å². The molecule has 0 bridgehead atoms. The summed E-state index contributed by atoms with van der Waals surface area (Å²) < 4.78 is 15.0. The number of halogens is 1. The molecule has 0 spiro atoms. The van der Waals surface area contributed by atoms with E-state index in [0.717, 1.165) is 19.3 Å². The molecule has 1 aliphatic heterocycles. The van der Waals surface area contributed by atoms with Crippen LogP contribution in [0.5, 0.6) is 0 Å². The number of likely N-dealkylation sites (tertiary alicyclic amines) is 1. The molecule has 1 aromatic heterocycles. The van der Waals surface area contributed by atoms with Crippen molar-refractivity contribution < 1.29 is 9.18 Å². The van der Waals surface area contributed by atoms with Gasteiger partial charge in [0, 0.05) is 19.2 Å². The maximum atomic E-state index is 13.7. The summed E-state index contributed by atoms with van der Waals surface area (Å²) in [6, 6.07) is 14.5. The molecule has 1 fully saturated rings. The molecular weight excluding hydrogens is 345 g/mol. The molecule has 0 atom stereocenters. The fraction of sp³-hybridized carbons (Fsp3) is 0.300. The summed E-state index contributed by atoms with van der Waals surface area (Å²) in [5.41, 5.74) is 2.10. The van der Waals surface area contributed by atoms with Crippen molar-refractivity contribution in [3.8, 4) is 5.69 Å². The predicted octanol–water partition coefficient (Wildman–Crippen LogP) is 2.90. The lowest BCUT2D eigenvalue weighted by Gasteiger charge is -2.32. The van der Waals surface area contributed by atoms with Crippen LogP contribution < -0.4 is 0 Å². The van der Waals surface area contributed by atoms with Gasteiger partial charge in [0.05, 0.1) is 11.3 Å². The van der Waals surface area contributed by atoms with E-state index in [4.69, 9.17) is 0 Å². The van der Waals surface area contributed by atoms with Crippen molar-refractivity contribution in [2.45, 2.75) is 19.3 Å². The molecule has 27 heavy (non-hydrogen) atoms. The molecule has 3 aromatic rings. The topological polar surface area (TPSA) is 63.9 Å². The Bertz CT molecular complexity index is 905. The summed E-state index contributed by atoms with van der Waals surface area (Å²) in [4.78, 5) is 14.8. The Hall–Kier alpha value is -3.09. The van der Waals surface area contributed by atoms with E-state index in [1.165, 1.54) is 34.8 Å². The Morgan fingerprint density at radius 2 is 1.89 bits per heavy atom. The number of rotatable bonds is 4. The van der Waals surface area contributed by atoms with Gasteiger partial charge in [0.2, 0.25) is 0 Å². The highest BCUT2D eigenvalue weighted by Gasteiger charge is 2.26. The molecule has 4 rings (SSSR count). The standard InChI is InChI=1S/C20H20FN5O/c21-17-6-7-18(19(13-17)26-14-22-23-24-26)20(27)25-10-8-16(9-11-25)12-15-4-2-1-3-5-15/h1-7,13-14,16H,8-12H2. The second-order valence-electron chi connectivity index (χ2n) is 6.84. The molecule has 2 heterocycles. The van der Waals surface area contributed by atoms with Crippen LogP contribution in [0.15, 0.2) is 54.9 Å². The number of nitrogens with zero attached hydrogens (tertiary/aromatic N) is 5. The minimum Gasteiger partial charge on any atom is -0.339 e. The van der Waals surface area contributed by atoms with Gasteiger partial charge in [0.1, 0.15) is 12.1 Å². The fourth-order valence-corrected chi connectivity index (χ4v) is 3.60. The first kappa shape index (κ1) is 17.3. The molecule has 0 unspecified atom stereocenters. The van der Waals surface area contributed by atoms with Gasteiger partial charge in [0.15, 0.2) is 0 Å². The number of carbonyl (C=O) groups is 1. The minimum atomic E-state index is -0.432. The summed E-state index contributed by atoms with van der Waals surface area (Å²) in [6.07, 6.45) is 4.32. The van der Waals surface area contributed by atoms with E-state index < -0.39 is 5.82 Å². The highest BCUT2D eigenvalue weighted by atomic mass is 19.1. The molecule has 0 radical (unpaired) electrons. The van der Waals surface area contributed by atoms with Gasteiger partial charge >= 0.3 is 0 Å².